The molecule has 4 heteroatoms. The van der Waals surface area contributed by atoms with Crippen LogP contribution in [0, 0.1) is 5.82 Å². The number of fused-ring (bicyclic) bond motifs is 1. The summed E-state index contributed by atoms with van der Waals surface area (Å²) in [6.07, 6.45) is -0.508. The van der Waals surface area contributed by atoms with Crippen LogP contribution >= 0.6 is 11.6 Å². The summed E-state index contributed by atoms with van der Waals surface area (Å²) in [5.74, 6) is -0.703. The molecule has 0 bridgehead atoms. The van der Waals surface area contributed by atoms with E-state index in [1.165, 1.54) is 12.1 Å². The van der Waals surface area contributed by atoms with E-state index < -0.39 is 6.10 Å². The highest BCUT2D eigenvalue weighted by molar-refractivity contribution is 6.30. The van der Waals surface area contributed by atoms with Crippen molar-refractivity contribution in [1.82, 2.24) is 0 Å². The summed E-state index contributed by atoms with van der Waals surface area (Å²) < 4.78 is 18.2. The van der Waals surface area contributed by atoms with Crippen LogP contribution in [0.4, 0.5) is 4.39 Å². The number of carbonyl (C=O) groups is 1. The number of hydrogen-bond acceptors (Lipinski definition) is 2. The zero-order valence-corrected chi connectivity index (χ0v) is 9.95. The molecule has 1 aliphatic heterocycles. The Kier molecular flexibility index (Phi) is 2.56. The second-order valence-corrected chi connectivity index (χ2v) is 4.50. The van der Waals surface area contributed by atoms with Crippen molar-refractivity contribution >= 4 is 17.6 Å². The summed E-state index contributed by atoms with van der Waals surface area (Å²) >= 11 is 5.92. The molecule has 2 aromatic rings. The SMILES string of the molecule is O=C1OC(c2ccc(F)cc2)c2cc(Cl)ccc21. The topological polar surface area (TPSA) is 26.3 Å². The summed E-state index contributed by atoms with van der Waals surface area (Å²) in [6, 6.07) is 10.9. The number of cyclic esters (lactones) is 1. The molecule has 0 saturated carbocycles. The predicted molar refractivity (Wildman–Crippen MR) is 65.1 cm³/mol. The van der Waals surface area contributed by atoms with Gasteiger partial charge >= 0.3 is 5.97 Å². The van der Waals surface area contributed by atoms with E-state index in [0.29, 0.717) is 10.6 Å². The van der Waals surface area contributed by atoms with Gasteiger partial charge in [-0.2, -0.15) is 0 Å². The fourth-order valence-electron chi connectivity index (χ4n) is 2.06. The molecule has 1 unspecified atom stereocenters. The second kappa shape index (κ2) is 4.10. The van der Waals surface area contributed by atoms with Crippen molar-refractivity contribution in [3.05, 3.63) is 70.0 Å². The number of ether oxygens (including phenoxy) is 1. The van der Waals surface area contributed by atoms with Gasteiger partial charge in [0.05, 0.1) is 5.56 Å². The molecule has 0 aliphatic carbocycles. The summed E-state index contributed by atoms with van der Waals surface area (Å²) in [7, 11) is 0. The molecule has 2 nitrogen and oxygen atoms in total. The van der Waals surface area contributed by atoms with Crippen LogP contribution < -0.4 is 0 Å². The van der Waals surface area contributed by atoms with E-state index in [9.17, 15) is 9.18 Å². The van der Waals surface area contributed by atoms with Crippen LogP contribution in [-0.2, 0) is 4.74 Å². The first-order valence-electron chi connectivity index (χ1n) is 5.41. The number of benzene rings is 2. The molecule has 0 N–H and O–H groups in total. The number of rotatable bonds is 1. The van der Waals surface area contributed by atoms with Gasteiger partial charge in [0, 0.05) is 10.6 Å². The van der Waals surface area contributed by atoms with Gasteiger partial charge in [0.25, 0.3) is 0 Å². The zero-order valence-electron chi connectivity index (χ0n) is 9.19. The van der Waals surface area contributed by atoms with E-state index in [1.807, 2.05) is 0 Å². The highest BCUT2D eigenvalue weighted by Gasteiger charge is 2.32. The van der Waals surface area contributed by atoms with Crippen LogP contribution in [0.5, 0.6) is 0 Å². The van der Waals surface area contributed by atoms with Crippen molar-refractivity contribution in [2.75, 3.05) is 0 Å². The molecule has 90 valence electrons. The van der Waals surface area contributed by atoms with E-state index >= 15 is 0 Å². The van der Waals surface area contributed by atoms with Crippen molar-refractivity contribution in [2.45, 2.75) is 6.10 Å². The van der Waals surface area contributed by atoms with Crippen molar-refractivity contribution in [1.29, 1.82) is 0 Å². The minimum atomic E-state index is -0.508. The molecule has 1 aliphatic rings. The fraction of sp³-hybridized carbons (Fsp3) is 0.0714. The maximum atomic E-state index is 12.9. The highest BCUT2D eigenvalue weighted by Crippen LogP contribution is 2.37. The Morgan fingerprint density at radius 2 is 1.83 bits per heavy atom. The summed E-state index contributed by atoms with van der Waals surface area (Å²) in [6.45, 7) is 0. The first kappa shape index (κ1) is 11.2. The fourth-order valence-corrected chi connectivity index (χ4v) is 2.24. The molecule has 2 aromatic carbocycles. The van der Waals surface area contributed by atoms with E-state index in [2.05, 4.69) is 0 Å². The first-order valence-corrected chi connectivity index (χ1v) is 5.79. The number of esters is 1. The van der Waals surface area contributed by atoms with E-state index in [1.54, 1.807) is 30.3 Å². The summed E-state index contributed by atoms with van der Waals surface area (Å²) in [4.78, 5) is 11.7. The third kappa shape index (κ3) is 1.77. The smallest absolute Gasteiger partial charge is 0.339 e. The highest BCUT2D eigenvalue weighted by atomic mass is 35.5. The van der Waals surface area contributed by atoms with Gasteiger partial charge in [0.15, 0.2) is 6.10 Å². The van der Waals surface area contributed by atoms with Crippen LogP contribution in [0.25, 0.3) is 0 Å². The van der Waals surface area contributed by atoms with E-state index in [-0.39, 0.29) is 11.8 Å². The average Bonchev–Trinajstić information content (AvgIpc) is 2.67. The van der Waals surface area contributed by atoms with E-state index in [4.69, 9.17) is 16.3 Å². The molecule has 0 amide bonds. The minimum Gasteiger partial charge on any atom is -0.449 e. The Morgan fingerprint density at radius 1 is 1.11 bits per heavy atom. The Labute approximate surface area is 108 Å². The first-order chi connectivity index (χ1) is 8.65. The lowest BCUT2D eigenvalue weighted by Crippen LogP contribution is -2.00. The molecule has 0 saturated heterocycles. The van der Waals surface area contributed by atoms with Gasteiger partial charge < -0.3 is 4.74 Å². The van der Waals surface area contributed by atoms with E-state index in [0.717, 1.165) is 11.1 Å². The maximum Gasteiger partial charge on any atom is 0.339 e. The number of halogens is 2. The van der Waals surface area contributed by atoms with Crippen LogP contribution in [0.2, 0.25) is 5.02 Å². The normalized spacial score (nSPS) is 17.4. The van der Waals surface area contributed by atoms with Gasteiger partial charge in [-0.25, -0.2) is 9.18 Å². The molecular weight excluding hydrogens is 255 g/mol. The molecular formula is C14H8ClFO2. The molecule has 18 heavy (non-hydrogen) atoms. The second-order valence-electron chi connectivity index (χ2n) is 4.07. The van der Waals surface area contributed by atoms with Crippen LogP contribution in [-0.4, -0.2) is 5.97 Å². The quantitative estimate of drug-likeness (QED) is 0.732. The van der Waals surface area contributed by atoms with Crippen LogP contribution in [0.3, 0.4) is 0 Å². The Hall–Kier alpha value is -1.87. The van der Waals surface area contributed by atoms with Gasteiger partial charge in [0.1, 0.15) is 5.82 Å². The van der Waals surface area contributed by atoms with Crippen molar-refractivity contribution < 1.29 is 13.9 Å². The monoisotopic (exact) mass is 262 g/mol. The standard InChI is InChI=1S/C14H8ClFO2/c15-9-3-6-11-12(7-9)13(18-14(11)17)8-1-4-10(16)5-2-8/h1-7,13H. The summed E-state index contributed by atoms with van der Waals surface area (Å²) in [5.41, 5.74) is 1.96. The van der Waals surface area contributed by atoms with Crippen molar-refractivity contribution in [3.63, 3.8) is 0 Å². The Bertz CT molecular complexity index is 622. The predicted octanol–water partition coefficient (Wildman–Crippen LogP) is 3.74. The number of hydrogen-bond donors (Lipinski definition) is 0. The van der Waals surface area contributed by atoms with Gasteiger partial charge in [-0.1, -0.05) is 23.7 Å². The van der Waals surface area contributed by atoms with Crippen LogP contribution in [0.15, 0.2) is 42.5 Å². The molecule has 0 radical (unpaired) electrons. The lowest BCUT2D eigenvalue weighted by molar-refractivity contribution is 0.0456. The Balaban J connectivity index is 2.09. The number of carbonyl (C=O) groups excluding carboxylic acids is 1. The van der Waals surface area contributed by atoms with Crippen molar-refractivity contribution in [2.24, 2.45) is 0 Å². The van der Waals surface area contributed by atoms with Gasteiger partial charge in [-0.15, -0.1) is 0 Å². The largest absolute Gasteiger partial charge is 0.449 e. The molecule has 0 fully saturated rings. The molecule has 1 heterocycles. The molecule has 3 rings (SSSR count). The lowest BCUT2D eigenvalue weighted by Gasteiger charge is -2.11. The molecule has 0 aromatic heterocycles. The van der Waals surface area contributed by atoms with Gasteiger partial charge in [0.2, 0.25) is 0 Å². The average molecular weight is 263 g/mol. The van der Waals surface area contributed by atoms with Crippen molar-refractivity contribution in [3.8, 4) is 0 Å². The summed E-state index contributed by atoms with van der Waals surface area (Å²) in [5, 5.41) is 0.541. The molecule has 0 spiro atoms. The molecule has 1 atom stereocenters. The van der Waals surface area contributed by atoms with Crippen LogP contribution in [0.1, 0.15) is 27.6 Å². The Morgan fingerprint density at radius 3 is 2.56 bits per heavy atom. The third-order valence-electron chi connectivity index (χ3n) is 2.91. The zero-order chi connectivity index (χ0) is 12.7. The maximum absolute atomic E-state index is 12.9. The van der Waals surface area contributed by atoms with Gasteiger partial charge in [-0.05, 0) is 35.9 Å². The lowest BCUT2D eigenvalue weighted by atomic mass is 9.99. The minimum absolute atomic E-state index is 0.325. The third-order valence-corrected chi connectivity index (χ3v) is 3.15. The van der Waals surface area contributed by atoms with Gasteiger partial charge in [-0.3, -0.25) is 0 Å².